The van der Waals surface area contributed by atoms with Crippen LogP contribution in [0.2, 0.25) is 0 Å². The Morgan fingerprint density at radius 3 is 2.84 bits per heavy atom. The second-order valence-electron chi connectivity index (χ2n) is 5.68. The normalized spacial score (nSPS) is 27.3. The molecule has 1 aromatic rings. The molecule has 0 radical (unpaired) electrons. The van der Waals surface area contributed by atoms with E-state index in [0.29, 0.717) is 6.54 Å². The summed E-state index contributed by atoms with van der Waals surface area (Å²) in [6.07, 6.45) is 3.29. The van der Waals surface area contributed by atoms with Gasteiger partial charge in [-0.15, -0.1) is 0 Å². The summed E-state index contributed by atoms with van der Waals surface area (Å²) in [4.78, 5) is 13.8. The van der Waals surface area contributed by atoms with Crippen molar-refractivity contribution >= 4 is 5.91 Å². The Morgan fingerprint density at radius 1 is 1.63 bits per heavy atom. The van der Waals surface area contributed by atoms with Crippen LogP contribution in [-0.2, 0) is 4.79 Å². The van der Waals surface area contributed by atoms with Crippen molar-refractivity contribution in [1.82, 2.24) is 4.90 Å². The summed E-state index contributed by atoms with van der Waals surface area (Å²) in [5.41, 5.74) is 11.3. The Bertz CT molecular complexity index is 432. The van der Waals surface area contributed by atoms with Gasteiger partial charge in [-0.25, -0.2) is 0 Å². The van der Waals surface area contributed by atoms with Crippen LogP contribution in [0.15, 0.2) is 22.8 Å². The fraction of sp³-hybridized carbons (Fsp3) is 0.643. The van der Waals surface area contributed by atoms with Crippen LogP contribution in [0.3, 0.4) is 0 Å². The van der Waals surface area contributed by atoms with E-state index in [1.165, 1.54) is 0 Å². The van der Waals surface area contributed by atoms with Crippen LogP contribution in [0, 0.1) is 5.41 Å². The lowest BCUT2D eigenvalue weighted by atomic mass is 9.89. The highest BCUT2D eigenvalue weighted by molar-refractivity contribution is 5.81. The fourth-order valence-corrected chi connectivity index (χ4v) is 2.78. The maximum atomic E-state index is 11.6. The van der Waals surface area contributed by atoms with Crippen molar-refractivity contribution in [1.29, 1.82) is 0 Å². The van der Waals surface area contributed by atoms with E-state index in [0.717, 1.165) is 25.1 Å². The second-order valence-corrected chi connectivity index (χ2v) is 5.68. The number of amides is 1. The van der Waals surface area contributed by atoms with Crippen molar-refractivity contribution in [2.24, 2.45) is 16.9 Å². The van der Waals surface area contributed by atoms with Gasteiger partial charge in [-0.05, 0) is 31.9 Å². The van der Waals surface area contributed by atoms with E-state index in [2.05, 4.69) is 11.8 Å². The molecule has 19 heavy (non-hydrogen) atoms. The molecule has 2 rings (SSSR count). The number of rotatable bonds is 5. The van der Waals surface area contributed by atoms with Gasteiger partial charge in [0.25, 0.3) is 0 Å². The molecule has 5 heteroatoms. The predicted octanol–water partition coefficient (Wildman–Crippen LogP) is 1.26. The Kier molecular flexibility index (Phi) is 3.96. The Morgan fingerprint density at radius 2 is 2.37 bits per heavy atom. The van der Waals surface area contributed by atoms with Gasteiger partial charge < -0.3 is 15.9 Å². The first-order valence-electron chi connectivity index (χ1n) is 6.81. The number of likely N-dealkylation sites (tertiary alicyclic amines) is 1. The summed E-state index contributed by atoms with van der Waals surface area (Å²) < 4.78 is 5.52. The third kappa shape index (κ3) is 2.67. The average molecular weight is 265 g/mol. The molecule has 0 aromatic carbocycles. The standard InChI is InChI=1S/C14H23N3O2/c1-3-10(15)12(11-5-4-8-19-11)17-7-6-14(2,9-17)13(16)18/h4-5,8,10,12H,3,6-7,9,15H2,1-2H3,(H2,16,18). The molecule has 0 spiro atoms. The third-order valence-electron chi connectivity index (χ3n) is 4.20. The van der Waals surface area contributed by atoms with Crippen molar-refractivity contribution in [3.8, 4) is 0 Å². The maximum Gasteiger partial charge on any atom is 0.224 e. The maximum absolute atomic E-state index is 11.6. The predicted molar refractivity (Wildman–Crippen MR) is 73.2 cm³/mol. The van der Waals surface area contributed by atoms with Gasteiger partial charge in [0.1, 0.15) is 5.76 Å². The van der Waals surface area contributed by atoms with Gasteiger partial charge in [-0.2, -0.15) is 0 Å². The zero-order valence-corrected chi connectivity index (χ0v) is 11.6. The minimum atomic E-state index is -0.460. The van der Waals surface area contributed by atoms with Gasteiger partial charge in [-0.1, -0.05) is 6.92 Å². The largest absolute Gasteiger partial charge is 0.468 e. The molecule has 1 aliphatic rings. The van der Waals surface area contributed by atoms with Crippen LogP contribution in [0.25, 0.3) is 0 Å². The first-order valence-corrected chi connectivity index (χ1v) is 6.81. The van der Waals surface area contributed by atoms with E-state index in [9.17, 15) is 4.79 Å². The molecular weight excluding hydrogens is 242 g/mol. The summed E-state index contributed by atoms with van der Waals surface area (Å²) in [7, 11) is 0. The van der Waals surface area contributed by atoms with Crippen molar-refractivity contribution in [2.45, 2.75) is 38.8 Å². The number of primary amides is 1. The Labute approximate surface area is 113 Å². The van der Waals surface area contributed by atoms with Gasteiger partial charge in [-0.3, -0.25) is 9.69 Å². The highest BCUT2D eigenvalue weighted by Gasteiger charge is 2.43. The quantitative estimate of drug-likeness (QED) is 0.839. The molecule has 2 heterocycles. The van der Waals surface area contributed by atoms with Crippen LogP contribution >= 0.6 is 0 Å². The SMILES string of the molecule is CCC(N)C(c1ccco1)N1CCC(C)(C(N)=O)C1. The van der Waals surface area contributed by atoms with Crippen LogP contribution in [0.5, 0.6) is 0 Å². The first kappa shape index (κ1) is 14.1. The molecule has 1 amide bonds. The summed E-state index contributed by atoms with van der Waals surface area (Å²) in [6.45, 7) is 5.44. The molecule has 1 saturated heterocycles. The zero-order valence-electron chi connectivity index (χ0n) is 11.6. The van der Waals surface area contributed by atoms with E-state index in [1.54, 1.807) is 6.26 Å². The monoisotopic (exact) mass is 265 g/mol. The highest BCUT2D eigenvalue weighted by atomic mass is 16.3. The summed E-state index contributed by atoms with van der Waals surface area (Å²) in [5.74, 6) is 0.626. The second kappa shape index (κ2) is 5.35. The molecule has 0 bridgehead atoms. The van der Waals surface area contributed by atoms with E-state index < -0.39 is 5.41 Å². The number of nitrogens with two attached hydrogens (primary N) is 2. The smallest absolute Gasteiger partial charge is 0.224 e. The van der Waals surface area contributed by atoms with Crippen molar-refractivity contribution in [3.05, 3.63) is 24.2 Å². The van der Waals surface area contributed by atoms with Crippen LogP contribution in [0.4, 0.5) is 0 Å². The number of nitrogens with zero attached hydrogens (tertiary/aromatic N) is 1. The van der Waals surface area contributed by atoms with Gasteiger partial charge >= 0.3 is 0 Å². The fourth-order valence-electron chi connectivity index (χ4n) is 2.78. The number of carbonyl (C=O) groups is 1. The molecule has 3 atom stereocenters. The summed E-state index contributed by atoms with van der Waals surface area (Å²) in [6, 6.07) is 3.82. The lowest BCUT2D eigenvalue weighted by Crippen LogP contribution is -2.42. The topological polar surface area (TPSA) is 85.5 Å². The van der Waals surface area contributed by atoms with Gasteiger partial charge in [0.05, 0.1) is 17.7 Å². The Balaban J connectivity index is 2.20. The minimum absolute atomic E-state index is 0.0126. The number of carbonyl (C=O) groups excluding carboxylic acids is 1. The van der Waals surface area contributed by atoms with E-state index in [4.69, 9.17) is 15.9 Å². The molecular formula is C14H23N3O2. The molecule has 3 unspecified atom stereocenters. The first-order chi connectivity index (χ1) is 8.98. The van der Waals surface area contributed by atoms with Crippen LogP contribution < -0.4 is 11.5 Å². The molecule has 1 aromatic heterocycles. The van der Waals surface area contributed by atoms with Crippen molar-refractivity contribution in [3.63, 3.8) is 0 Å². The van der Waals surface area contributed by atoms with Crippen molar-refractivity contribution in [2.75, 3.05) is 13.1 Å². The molecule has 4 N–H and O–H groups in total. The third-order valence-corrected chi connectivity index (χ3v) is 4.20. The molecule has 5 nitrogen and oxygen atoms in total. The number of hydrogen-bond acceptors (Lipinski definition) is 4. The number of hydrogen-bond donors (Lipinski definition) is 2. The van der Waals surface area contributed by atoms with E-state index in [1.807, 2.05) is 19.1 Å². The van der Waals surface area contributed by atoms with Gasteiger partial charge in [0.2, 0.25) is 5.91 Å². The molecule has 1 fully saturated rings. The molecule has 106 valence electrons. The molecule has 1 aliphatic heterocycles. The molecule has 0 aliphatic carbocycles. The molecule has 0 saturated carbocycles. The average Bonchev–Trinajstić information content (AvgIpc) is 3.01. The van der Waals surface area contributed by atoms with Crippen LogP contribution in [-0.4, -0.2) is 29.9 Å². The Hall–Kier alpha value is -1.33. The number of furan rings is 1. The van der Waals surface area contributed by atoms with Crippen molar-refractivity contribution < 1.29 is 9.21 Å². The lowest BCUT2D eigenvalue weighted by Gasteiger charge is -2.31. The minimum Gasteiger partial charge on any atom is -0.468 e. The summed E-state index contributed by atoms with van der Waals surface area (Å²) >= 11 is 0. The van der Waals surface area contributed by atoms with E-state index >= 15 is 0 Å². The zero-order chi connectivity index (χ0) is 14.0. The van der Waals surface area contributed by atoms with Crippen LogP contribution in [0.1, 0.15) is 38.5 Å². The highest BCUT2D eigenvalue weighted by Crippen LogP contribution is 2.36. The van der Waals surface area contributed by atoms with Gasteiger partial charge in [0, 0.05) is 19.1 Å². The van der Waals surface area contributed by atoms with E-state index in [-0.39, 0.29) is 18.0 Å². The summed E-state index contributed by atoms with van der Waals surface area (Å²) in [5, 5.41) is 0. The van der Waals surface area contributed by atoms with Gasteiger partial charge in [0.15, 0.2) is 0 Å². The lowest BCUT2D eigenvalue weighted by molar-refractivity contribution is -0.126.